The third-order valence-corrected chi connectivity index (χ3v) is 6.43. The number of halogens is 1. The van der Waals surface area contributed by atoms with Gasteiger partial charge in [0, 0.05) is 12.6 Å². The zero-order chi connectivity index (χ0) is 24.7. The fourth-order valence-electron chi connectivity index (χ4n) is 4.37. The third-order valence-electron chi connectivity index (χ3n) is 6.43. The minimum absolute atomic E-state index is 0.138. The van der Waals surface area contributed by atoms with Crippen molar-refractivity contribution in [1.29, 1.82) is 0 Å². The van der Waals surface area contributed by atoms with Crippen molar-refractivity contribution in [3.8, 4) is 5.75 Å². The zero-order valence-electron chi connectivity index (χ0n) is 20.8. The molecule has 34 heavy (non-hydrogen) atoms. The van der Waals surface area contributed by atoms with Crippen LogP contribution >= 0.6 is 0 Å². The largest absolute Gasteiger partial charge is 0.483 e. The number of carbonyl (C=O) groups is 2. The van der Waals surface area contributed by atoms with Crippen molar-refractivity contribution < 1.29 is 18.7 Å². The van der Waals surface area contributed by atoms with Gasteiger partial charge >= 0.3 is 0 Å². The van der Waals surface area contributed by atoms with E-state index in [9.17, 15) is 14.0 Å². The summed E-state index contributed by atoms with van der Waals surface area (Å²) in [5, 5.41) is 3.12. The quantitative estimate of drug-likeness (QED) is 0.567. The monoisotopic (exact) mass is 468 g/mol. The molecule has 1 atom stereocenters. The fourth-order valence-corrected chi connectivity index (χ4v) is 4.37. The molecule has 1 aliphatic carbocycles. The number of hydrogen-bond acceptors (Lipinski definition) is 3. The minimum Gasteiger partial charge on any atom is -0.483 e. The maximum atomic E-state index is 13.4. The molecule has 0 aliphatic heterocycles. The molecule has 1 aliphatic rings. The molecule has 1 unspecified atom stereocenters. The van der Waals surface area contributed by atoms with Crippen LogP contribution in [-0.4, -0.2) is 35.4 Å². The SMILES string of the molecule is CC(C(=O)NC1CCCCC1)N(Cc1ccc(F)cc1)C(=O)COc1ccccc1C(C)(C)C. The smallest absolute Gasteiger partial charge is 0.261 e. The molecule has 6 heteroatoms. The Morgan fingerprint density at radius 3 is 2.35 bits per heavy atom. The second-order valence-electron chi connectivity index (χ2n) is 10.2. The number of carbonyl (C=O) groups excluding carboxylic acids is 2. The predicted octanol–water partition coefficient (Wildman–Crippen LogP) is 5.37. The molecular formula is C28H37FN2O3. The Balaban J connectivity index is 1.75. The lowest BCUT2D eigenvalue weighted by Crippen LogP contribution is -2.51. The van der Waals surface area contributed by atoms with E-state index in [0.29, 0.717) is 5.75 Å². The molecule has 0 spiro atoms. The van der Waals surface area contributed by atoms with Gasteiger partial charge in [-0.05, 0) is 54.5 Å². The molecule has 2 aromatic rings. The van der Waals surface area contributed by atoms with Gasteiger partial charge in [-0.3, -0.25) is 9.59 Å². The second kappa shape index (κ2) is 11.5. The first-order valence-electron chi connectivity index (χ1n) is 12.2. The van der Waals surface area contributed by atoms with Crippen LogP contribution in [0.2, 0.25) is 0 Å². The predicted molar refractivity (Wildman–Crippen MR) is 132 cm³/mol. The van der Waals surface area contributed by atoms with Gasteiger partial charge in [0.1, 0.15) is 17.6 Å². The van der Waals surface area contributed by atoms with Crippen LogP contribution in [0, 0.1) is 5.82 Å². The van der Waals surface area contributed by atoms with Gasteiger partial charge in [0.15, 0.2) is 6.61 Å². The topological polar surface area (TPSA) is 58.6 Å². The van der Waals surface area contributed by atoms with Crippen LogP contribution in [0.5, 0.6) is 5.75 Å². The fraction of sp³-hybridized carbons (Fsp3) is 0.500. The van der Waals surface area contributed by atoms with Crippen molar-refractivity contribution in [1.82, 2.24) is 10.2 Å². The number of hydrogen-bond donors (Lipinski definition) is 1. The van der Waals surface area contributed by atoms with Gasteiger partial charge in [-0.15, -0.1) is 0 Å². The normalized spacial score (nSPS) is 15.4. The molecule has 0 saturated heterocycles. The van der Waals surface area contributed by atoms with Gasteiger partial charge in [0.25, 0.3) is 5.91 Å². The van der Waals surface area contributed by atoms with E-state index in [1.807, 2.05) is 24.3 Å². The molecule has 2 amide bonds. The second-order valence-corrected chi connectivity index (χ2v) is 10.2. The summed E-state index contributed by atoms with van der Waals surface area (Å²) in [6, 6.07) is 13.2. The Morgan fingerprint density at radius 1 is 1.06 bits per heavy atom. The molecule has 1 saturated carbocycles. The summed E-state index contributed by atoms with van der Waals surface area (Å²) in [6.45, 7) is 8.03. The van der Waals surface area contributed by atoms with E-state index >= 15 is 0 Å². The van der Waals surface area contributed by atoms with Crippen LogP contribution in [-0.2, 0) is 21.5 Å². The van der Waals surface area contributed by atoms with Crippen LogP contribution < -0.4 is 10.1 Å². The lowest BCUT2D eigenvalue weighted by Gasteiger charge is -2.31. The van der Waals surface area contributed by atoms with E-state index in [1.165, 1.54) is 23.5 Å². The van der Waals surface area contributed by atoms with Gasteiger partial charge in [0.05, 0.1) is 0 Å². The van der Waals surface area contributed by atoms with E-state index < -0.39 is 6.04 Å². The van der Waals surface area contributed by atoms with Gasteiger partial charge in [-0.25, -0.2) is 4.39 Å². The van der Waals surface area contributed by atoms with Gasteiger partial charge in [0.2, 0.25) is 5.91 Å². The average molecular weight is 469 g/mol. The van der Waals surface area contributed by atoms with Gasteiger partial charge in [-0.1, -0.05) is 70.4 Å². The highest BCUT2D eigenvalue weighted by molar-refractivity contribution is 5.88. The molecule has 2 aromatic carbocycles. The van der Waals surface area contributed by atoms with E-state index in [-0.39, 0.29) is 42.2 Å². The van der Waals surface area contributed by atoms with Crippen molar-refractivity contribution in [2.45, 2.75) is 83.8 Å². The van der Waals surface area contributed by atoms with Crippen LogP contribution in [0.4, 0.5) is 4.39 Å². The molecule has 0 heterocycles. The van der Waals surface area contributed by atoms with Crippen LogP contribution in [0.15, 0.2) is 48.5 Å². The Bertz CT molecular complexity index is 962. The maximum absolute atomic E-state index is 13.4. The highest BCUT2D eigenvalue weighted by Gasteiger charge is 2.29. The summed E-state index contributed by atoms with van der Waals surface area (Å²) >= 11 is 0. The maximum Gasteiger partial charge on any atom is 0.261 e. The lowest BCUT2D eigenvalue weighted by atomic mass is 9.86. The average Bonchev–Trinajstić information content (AvgIpc) is 2.82. The van der Waals surface area contributed by atoms with E-state index in [4.69, 9.17) is 4.74 Å². The summed E-state index contributed by atoms with van der Waals surface area (Å²) < 4.78 is 19.4. The highest BCUT2D eigenvalue weighted by Crippen LogP contribution is 2.31. The standard InChI is InChI=1S/C28H37FN2O3/c1-20(27(33)30-23-10-6-5-7-11-23)31(18-21-14-16-22(29)17-15-21)26(32)19-34-25-13-9-8-12-24(25)28(2,3)4/h8-9,12-17,20,23H,5-7,10-11,18-19H2,1-4H3,(H,30,33). The number of benzene rings is 2. The number of amides is 2. The molecule has 3 rings (SSSR count). The number of nitrogens with one attached hydrogen (secondary N) is 1. The molecule has 5 nitrogen and oxygen atoms in total. The molecule has 0 radical (unpaired) electrons. The summed E-state index contributed by atoms with van der Waals surface area (Å²) in [7, 11) is 0. The Labute approximate surface area is 202 Å². The third kappa shape index (κ3) is 7.05. The summed E-state index contributed by atoms with van der Waals surface area (Å²) in [4.78, 5) is 27.9. The Morgan fingerprint density at radius 2 is 1.71 bits per heavy atom. The van der Waals surface area contributed by atoms with Crippen LogP contribution in [0.1, 0.15) is 70.9 Å². The first kappa shape index (κ1) is 25.7. The van der Waals surface area contributed by atoms with E-state index in [0.717, 1.165) is 36.8 Å². The van der Waals surface area contributed by atoms with Crippen molar-refractivity contribution in [2.75, 3.05) is 6.61 Å². The first-order valence-corrected chi connectivity index (χ1v) is 12.2. The van der Waals surface area contributed by atoms with Gasteiger partial charge in [-0.2, -0.15) is 0 Å². The Hall–Kier alpha value is -2.89. The van der Waals surface area contributed by atoms with E-state index in [2.05, 4.69) is 26.1 Å². The molecular weight excluding hydrogens is 431 g/mol. The Kier molecular flexibility index (Phi) is 8.70. The zero-order valence-corrected chi connectivity index (χ0v) is 20.8. The number of rotatable bonds is 8. The van der Waals surface area contributed by atoms with E-state index in [1.54, 1.807) is 19.1 Å². The number of nitrogens with zero attached hydrogens (tertiary/aromatic N) is 1. The minimum atomic E-state index is -0.680. The summed E-state index contributed by atoms with van der Waals surface area (Å²) in [6.07, 6.45) is 5.36. The number of ether oxygens (including phenoxy) is 1. The lowest BCUT2D eigenvalue weighted by molar-refractivity contribution is -0.142. The number of para-hydroxylation sites is 1. The van der Waals surface area contributed by atoms with Crippen molar-refractivity contribution >= 4 is 11.8 Å². The summed E-state index contributed by atoms with van der Waals surface area (Å²) in [5.41, 5.74) is 1.62. The molecule has 1 fully saturated rings. The molecule has 0 bridgehead atoms. The van der Waals surface area contributed by atoms with Crippen molar-refractivity contribution in [2.24, 2.45) is 0 Å². The van der Waals surface area contributed by atoms with Crippen LogP contribution in [0.3, 0.4) is 0 Å². The van der Waals surface area contributed by atoms with Gasteiger partial charge < -0.3 is 15.0 Å². The highest BCUT2D eigenvalue weighted by atomic mass is 19.1. The molecule has 0 aromatic heterocycles. The summed E-state index contributed by atoms with van der Waals surface area (Å²) in [5.74, 6) is -0.145. The first-order chi connectivity index (χ1) is 16.1. The van der Waals surface area contributed by atoms with Crippen molar-refractivity contribution in [3.63, 3.8) is 0 Å². The molecule has 1 N–H and O–H groups in total. The molecule has 184 valence electrons. The van der Waals surface area contributed by atoms with Crippen molar-refractivity contribution in [3.05, 3.63) is 65.5 Å². The van der Waals surface area contributed by atoms with Crippen LogP contribution in [0.25, 0.3) is 0 Å².